The van der Waals surface area contributed by atoms with Crippen molar-refractivity contribution in [3.05, 3.63) is 12.3 Å². The number of nitrogens with zero attached hydrogens (tertiary/aromatic N) is 3. The molecular weight excluding hydrogens is 238 g/mol. The van der Waals surface area contributed by atoms with Crippen molar-refractivity contribution in [1.82, 2.24) is 9.97 Å². The third-order valence-electron chi connectivity index (χ3n) is 2.96. The predicted molar refractivity (Wildman–Crippen MR) is 68.8 cm³/mol. The second-order valence-electron chi connectivity index (χ2n) is 4.44. The Morgan fingerprint density at radius 1 is 1.53 bits per heavy atom. The fourth-order valence-electron chi connectivity index (χ4n) is 2.02. The Labute approximate surface area is 107 Å². The third kappa shape index (κ3) is 3.22. The van der Waals surface area contributed by atoms with Crippen molar-refractivity contribution >= 4 is 17.5 Å². The summed E-state index contributed by atoms with van der Waals surface area (Å²) in [6, 6.07) is 1.78. The molecule has 0 N–H and O–H groups in total. The van der Waals surface area contributed by atoms with E-state index in [-0.39, 0.29) is 0 Å². The molecule has 1 aromatic heterocycles. The summed E-state index contributed by atoms with van der Waals surface area (Å²) in [4.78, 5) is 10.7. The van der Waals surface area contributed by atoms with Crippen LogP contribution in [0.5, 0.6) is 5.88 Å². The molecular formula is C12H18ClN3O. The van der Waals surface area contributed by atoms with Crippen molar-refractivity contribution < 1.29 is 4.74 Å². The summed E-state index contributed by atoms with van der Waals surface area (Å²) in [6.07, 6.45) is 3.92. The number of ether oxygens (including phenoxy) is 1. The highest BCUT2D eigenvalue weighted by atomic mass is 35.5. The molecule has 1 saturated carbocycles. The molecule has 5 heteroatoms. The molecule has 1 aliphatic carbocycles. The van der Waals surface area contributed by atoms with Gasteiger partial charge in [0, 0.05) is 31.2 Å². The minimum absolute atomic E-state index is 0.365. The van der Waals surface area contributed by atoms with Gasteiger partial charge in [-0.1, -0.05) is 0 Å². The Hall–Kier alpha value is -1.03. The quantitative estimate of drug-likeness (QED) is 0.757. The first kappa shape index (κ1) is 12.4. The fourth-order valence-corrected chi connectivity index (χ4v) is 2.52. The van der Waals surface area contributed by atoms with Crippen molar-refractivity contribution in [2.75, 3.05) is 25.1 Å². The number of anilines is 1. The van der Waals surface area contributed by atoms with E-state index in [2.05, 4.69) is 14.9 Å². The molecule has 0 saturated heterocycles. The molecule has 1 aromatic rings. The van der Waals surface area contributed by atoms with E-state index >= 15 is 0 Å². The van der Waals surface area contributed by atoms with E-state index in [1.165, 1.54) is 0 Å². The molecule has 0 aliphatic heterocycles. The van der Waals surface area contributed by atoms with Crippen molar-refractivity contribution in [1.29, 1.82) is 0 Å². The monoisotopic (exact) mass is 255 g/mol. The van der Waals surface area contributed by atoms with Crippen LogP contribution in [0.25, 0.3) is 0 Å². The van der Waals surface area contributed by atoms with Gasteiger partial charge in [0.2, 0.25) is 11.8 Å². The molecule has 1 heterocycles. The lowest BCUT2D eigenvalue weighted by Gasteiger charge is -2.34. The maximum Gasteiger partial charge on any atom is 0.228 e. The molecule has 0 spiro atoms. The Balaban J connectivity index is 1.93. The number of rotatable bonds is 5. The van der Waals surface area contributed by atoms with Gasteiger partial charge in [-0.25, -0.2) is 4.98 Å². The van der Waals surface area contributed by atoms with E-state index < -0.39 is 0 Å². The summed E-state index contributed by atoms with van der Waals surface area (Å²) < 4.78 is 5.36. The van der Waals surface area contributed by atoms with E-state index in [1.54, 1.807) is 12.3 Å². The highest BCUT2D eigenvalue weighted by Crippen LogP contribution is 2.32. The van der Waals surface area contributed by atoms with Crippen LogP contribution in [0.1, 0.15) is 19.8 Å². The molecule has 0 bridgehead atoms. The molecule has 0 radical (unpaired) electrons. The second-order valence-corrected chi connectivity index (χ2v) is 5.06. The van der Waals surface area contributed by atoms with Crippen molar-refractivity contribution in [2.24, 2.45) is 5.92 Å². The highest BCUT2D eigenvalue weighted by Gasteiger charge is 2.28. The van der Waals surface area contributed by atoms with Gasteiger partial charge in [0.1, 0.15) is 0 Å². The third-order valence-corrected chi connectivity index (χ3v) is 3.32. The predicted octanol–water partition coefficient (Wildman–Crippen LogP) is 2.33. The van der Waals surface area contributed by atoms with Crippen molar-refractivity contribution in [3.63, 3.8) is 0 Å². The van der Waals surface area contributed by atoms with Crippen LogP contribution in [0.3, 0.4) is 0 Å². The smallest absolute Gasteiger partial charge is 0.228 e. The lowest BCUT2D eigenvalue weighted by atomic mass is 9.84. The normalized spacial score (nSPS) is 23.0. The topological polar surface area (TPSA) is 38.2 Å². The first-order valence-corrected chi connectivity index (χ1v) is 6.43. The zero-order chi connectivity index (χ0) is 12.3. The first-order chi connectivity index (χ1) is 8.19. The van der Waals surface area contributed by atoms with Crippen LogP contribution < -0.4 is 9.64 Å². The van der Waals surface area contributed by atoms with E-state index in [0.29, 0.717) is 29.7 Å². The van der Waals surface area contributed by atoms with Crippen LogP contribution in [0.4, 0.5) is 5.95 Å². The van der Waals surface area contributed by atoms with Crippen LogP contribution in [0, 0.1) is 5.92 Å². The van der Waals surface area contributed by atoms with Crippen LogP contribution in [-0.4, -0.2) is 35.5 Å². The van der Waals surface area contributed by atoms with Gasteiger partial charge in [0.15, 0.2) is 0 Å². The summed E-state index contributed by atoms with van der Waals surface area (Å²) in [6.45, 7) is 3.52. The van der Waals surface area contributed by atoms with E-state index in [0.717, 1.165) is 19.4 Å². The average molecular weight is 256 g/mol. The lowest BCUT2D eigenvalue weighted by molar-refractivity contribution is 0.321. The standard InChI is InChI=1S/C12H18ClN3O/c1-3-17-11-4-5-14-12(15-11)16(2)8-9-6-10(13)7-9/h4-5,9-10H,3,6-8H2,1-2H3. The van der Waals surface area contributed by atoms with Crippen LogP contribution >= 0.6 is 11.6 Å². The number of alkyl halides is 1. The first-order valence-electron chi connectivity index (χ1n) is 6.00. The van der Waals surface area contributed by atoms with Crippen molar-refractivity contribution in [2.45, 2.75) is 25.1 Å². The van der Waals surface area contributed by atoms with Crippen LogP contribution in [-0.2, 0) is 0 Å². The maximum absolute atomic E-state index is 5.97. The number of hydrogen-bond acceptors (Lipinski definition) is 4. The molecule has 1 fully saturated rings. The number of hydrogen-bond donors (Lipinski definition) is 0. The number of aromatic nitrogens is 2. The van der Waals surface area contributed by atoms with Gasteiger partial charge >= 0.3 is 0 Å². The lowest BCUT2D eigenvalue weighted by Crippen LogP contribution is -2.35. The summed E-state index contributed by atoms with van der Waals surface area (Å²) in [5.74, 6) is 2.02. The Morgan fingerprint density at radius 2 is 2.29 bits per heavy atom. The van der Waals surface area contributed by atoms with Crippen LogP contribution in [0.2, 0.25) is 0 Å². The fraction of sp³-hybridized carbons (Fsp3) is 0.667. The molecule has 4 nitrogen and oxygen atoms in total. The zero-order valence-corrected chi connectivity index (χ0v) is 11.0. The molecule has 0 aromatic carbocycles. The van der Waals surface area contributed by atoms with Gasteiger partial charge in [-0.2, -0.15) is 4.98 Å². The van der Waals surface area contributed by atoms with Gasteiger partial charge in [0.25, 0.3) is 0 Å². The SMILES string of the molecule is CCOc1ccnc(N(C)CC2CC(Cl)C2)n1. The van der Waals surface area contributed by atoms with E-state index in [1.807, 2.05) is 14.0 Å². The average Bonchev–Trinajstić information content (AvgIpc) is 2.28. The van der Waals surface area contributed by atoms with Gasteiger partial charge in [0.05, 0.1) is 6.61 Å². The Kier molecular flexibility index (Phi) is 4.05. The molecule has 0 unspecified atom stereocenters. The second kappa shape index (κ2) is 5.54. The number of halogens is 1. The Morgan fingerprint density at radius 3 is 2.94 bits per heavy atom. The minimum Gasteiger partial charge on any atom is -0.478 e. The largest absolute Gasteiger partial charge is 0.478 e. The molecule has 94 valence electrons. The maximum atomic E-state index is 5.97. The van der Waals surface area contributed by atoms with E-state index in [4.69, 9.17) is 16.3 Å². The van der Waals surface area contributed by atoms with E-state index in [9.17, 15) is 0 Å². The van der Waals surface area contributed by atoms with Gasteiger partial charge in [-0.3, -0.25) is 0 Å². The minimum atomic E-state index is 0.365. The summed E-state index contributed by atoms with van der Waals surface area (Å²) in [5, 5.41) is 0.365. The van der Waals surface area contributed by atoms with Gasteiger partial charge < -0.3 is 9.64 Å². The molecule has 17 heavy (non-hydrogen) atoms. The summed E-state index contributed by atoms with van der Waals surface area (Å²) in [5.41, 5.74) is 0. The van der Waals surface area contributed by atoms with Crippen molar-refractivity contribution in [3.8, 4) is 5.88 Å². The van der Waals surface area contributed by atoms with Crippen LogP contribution in [0.15, 0.2) is 12.3 Å². The highest BCUT2D eigenvalue weighted by molar-refractivity contribution is 6.21. The zero-order valence-electron chi connectivity index (χ0n) is 10.3. The van der Waals surface area contributed by atoms with Gasteiger partial charge in [-0.05, 0) is 25.7 Å². The molecule has 1 aliphatic rings. The summed E-state index contributed by atoms with van der Waals surface area (Å²) in [7, 11) is 2.01. The van der Waals surface area contributed by atoms with Gasteiger partial charge in [-0.15, -0.1) is 11.6 Å². The molecule has 2 rings (SSSR count). The molecule has 0 amide bonds. The molecule has 0 atom stereocenters. The summed E-state index contributed by atoms with van der Waals surface area (Å²) >= 11 is 5.97. The Bertz CT molecular complexity index is 369.